The van der Waals surface area contributed by atoms with E-state index in [4.69, 9.17) is 4.52 Å². The van der Waals surface area contributed by atoms with Crippen LogP contribution in [0, 0.1) is 0 Å². The highest BCUT2D eigenvalue weighted by atomic mass is 35.5. The van der Waals surface area contributed by atoms with E-state index >= 15 is 0 Å². The maximum Gasteiger partial charge on any atom is 0.387 e. The molecule has 0 bridgehead atoms. The van der Waals surface area contributed by atoms with Crippen LogP contribution in [0.15, 0.2) is 28.8 Å². The zero-order valence-corrected chi connectivity index (χ0v) is 13.1. The van der Waals surface area contributed by atoms with Crippen LogP contribution >= 0.6 is 12.4 Å². The van der Waals surface area contributed by atoms with Gasteiger partial charge < -0.3 is 14.6 Å². The Morgan fingerprint density at radius 1 is 1.27 bits per heavy atom. The van der Waals surface area contributed by atoms with Gasteiger partial charge in [0, 0.05) is 12.5 Å². The average Bonchev–Trinajstić information content (AvgIpc) is 2.87. The van der Waals surface area contributed by atoms with Gasteiger partial charge in [-0.15, -0.1) is 12.4 Å². The molecule has 0 fully saturated rings. The lowest BCUT2D eigenvalue weighted by atomic mass is 10.1. The van der Waals surface area contributed by atoms with Crippen molar-refractivity contribution >= 4 is 12.4 Å². The first-order chi connectivity index (χ1) is 10.1. The standard InChI is InChI=1S/C14H17F2N3O2.ClH/c1-9(17-2)7-12-18-13(21-19-12)8-10-3-5-11(6-4-10)20-14(15)16;/h3-6,9,14,17H,7-8H2,1-2H3;1H. The lowest BCUT2D eigenvalue weighted by Crippen LogP contribution is -2.24. The number of hydrogen-bond acceptors (Lipinski definition) is 5. The SMILES string of the molecule is CNC(C)Cc1noc(Cc2ccc(OC(F)F)cc2)n1.Cl. The van der Waals surface area contributed by atoms with E-state index in [0.29, 0.717) is 24.6 Å². The third kappa shape index (κ3) is 5.57. The summed E-state index contributed by atoms with van der Waals surface area (Å²) < 4.78 is 33.5. The second-order valence-electron chi connectivity index (χ2n) is 4.70. The summed E-state index contributed by atoms with van der Waals surface area (Å²) >= 11 is 0. The molecule has 1 heterocycles. The number of aromatic nitrogens is 2. The topological polar surface area (TPSA) is 60.2 Å². The van der Waals surface area contributed by atoms with E-state index in [9.17, 15) is 8.78 Å². The third-order valence-electron chi connectivity index (χ3n) is 3.00. The quantitative estimate of drug-likeness (QED) is 0.844. The lowest BCUT2D eigenvalue weighted by molar-refractivity contribution is -0.0498. The molecule has 122 valence electrons. The number of likely N-dealkylation sites (N-methyl/N-ethyl adjacent to an activating group) is 1. The van der Waals surface area contributed by atoms with E-state index in [2.05, 4.69) is 20.2 Å². The van der Waals surface area contributed by atoms with Crippen molar-refractivity contribution in [3.05, 3.63) is 41.5 Å². The molecule has 0 aliphatic heterocycles. The Morgan fingerprint density at radius 3 is 2.55 bits per heavy atom. The van der Waals surface area contributed by atoms with E-state index in [1.165, 1.54) is 12.1 Å². The van der Waals surface area contributed by atoms with Gasteiger partial charge in [0.05, 0.1) is 6.42 Å². The number of rotatable bonds is 7. The van der Waals surface area contributed by atoms with Crippen molar-refractivity contribution < 1.29 is 18.0 Å². The highest BCUT2D eigenvalue weighted by molar-refractivity contribution is 5.85. The maximum absolute atomic E-state index is 12.0. The Morgan fingerprint density at radius 2 is 1.95 bits per heavy atom. The summed E-state index contributed by atoms with van der Waals surface area (Å²) in [7, 11) is 1.87. The number of hydrogen-bond donors (Lipinski definition) is 1. The molecule has 0 aliphatic carbocycles. The molecule has 0 spiro atoms. The van der Waals surface area contributed by atoms with Gasteiger partial charge in [-0.2, -0.15) is 13.8 Å². The van der Waals surface area contributed by atoms with E-state index in [1.54, 1.807) is 12.1 Å². The molecule has 5 nitrogen and oxygen atoms in total. The van der Waals surface area contributed by atoms with E-state index in [1.807, 2.05) is 14.0 Å². The molecule has 2 aromatic rings. The van der Waals surface area contributed by atoms with Gasteiger partial charge in [0.15, 0.2) is 5.82 Å². The molecule has 1 atom stereocenters. The number of halogens is 3. The van der Waals surface area contributed by atoms with Crippen LogP contribution in [0.4, 0.5) is 8.78 Å². The Labute approximate surface area is 133 Å². The van der Waals surface area contributed by atoms with Crippen LogP contribution in [-0.4, -0.2) is 29.8 Å². The van der Waals surface area contributed by atoms with Gasteiger partial charge in [-0.25, -0.2) is 0 Å². The molecule has 0 amide bonds. The molecule has 0 aliphatic rings. The Hall–Kier alpha value is -1.73. The summed E-state index contributed by atoms with van der Waals surface area (Å²) in [6, 6.07) is 6.63. The molecule has 1 N–H and O–H groups in total. The molecule has 22 heavy (non-hydrogen) atoms. The summed E-state index contributed by atoms with van der Waals surface area (Å²) in [5.41, 5.74) is 0.883. The summed E-state index contributed by atoms with van der Waals surface area (Å²) in [5, 5.41) is 7.00. The van der Waals surface area contributed by atoms with Crippen LogP contribution in [0.1, 0.15) is 24.2 Å². The minimum absolute atomic E-state index is 0. The molecular weight excluding hydrogens is 316 g/mol. The fourth-order valence-corrected chi connectivity index (χ4v) is 1.78. The fraction of sp³-hybridized carbons (Fsp3) is 0.429. The van der Waals surface area contributed by atoms with Gasteiger partial charge >= 0.3 is 6.61 Å². The molecule has 1 aromatic heterocycles. The predicted molar refractivity (Wildman–Crippen MR) is 79.7 cm³/mol. The predicted octanol–water partition coefficient (Wildman–Crippen LogP) is 2.83. The number of nitrogens with one attached hydrogen (secondary N) is 1. The van der Waals surface area contributed by atoms with Crippen LogP contribution in [-0.2, 0) is 12.8 Å². The Kier molecular flexibility index (Phi) is 7.20. The molecule has 1 aromatic carbocycles. The van der Waals surface area contributed by atoms with Crippen LogP contribution in [0.5, 0.6) is 5.75 Å². The molecule has 0 saturated heterocycles. The zero-order chi connectivity index (χ0) is 15.2. The highest BCUT2D eigenvalue weighted by Crippen LogP contribution is 2.16. The van der Waals surface area contributed by atoms with Crippen molar-refractivity contribution in [2.24, 2.45) is 0 Å². The van der Waals surface area contributed by atoms with Crippen LogP contribution in [0.3, 0.4) is 0 Å². The highest BCUT2D eigenvalue weighted by Gasteiger charge is 2.10. The maximum atomic E-state index is 12.0. The van der Waals surface area contributed by atoms with Gasteiger partial charge in [-0.05, 0) is 31.7 Å². The summed E-state index contributed by atoms with van der Waals surface area (Å²) in [5.74, 6) is 1.27. The lowest BCUT2D eigenvalue weighted by Gasteiger charge is -2.05. The Bertz CT molecular complexity index is 563. The van der Waals surface area contributed by atoms with Crippen molar-refractivity contribution in [2.75, 3.05) is 7.05 Å². The van der Waals surface area contributed by atoms with Crippen molar-refractivity contribution in [2.45, 2.75) is 32.4 Å². The molecule has 0 saturated carbocycles. The second-order valence-corrected chi connectivity index (χ2v) is 4.70. The summed E-state index contributed by atoms with van der Waals surface area (Å²) in [6.45, 7) is -0.791. The summed E-state index contributed by atoms with van der Waals surface area (Å²) in [4.78, 5) is 4.30. The first-order valence-corrected chi connectivity index (χ1v) is 6.59. The molecule has 0 radical (unpaired) electrons. The number of ether oxygens (including phenoxy) is 1. The second kappa shape index (κ2) is 8.65. The third-order valence-corrected chi connectivity index (χ3v) is 3.00. The monoisotopic (exact) mass is 333 g/mol. The van der Waals surface area contributed by atoms with Crippen LogP contribution < -0.4 is 10.1 Å². The molecule has 8 heteroatoms. The number of benzene rings is 1. The van der Waals surface area contributed by atoms with E-state index in [-0.39, 0.29) is 24.2 Å². The van der Waals surface area contributed by atoms with Gasteiger partial charge in [0.2, 0.25) is 5.89 Å². The minimum atomic E-state index is -2.82. The number of nitrogens with zero attached hydrogens (tertiary/aromatic N) is 2. The van der Waals surface area contributed by atoms with Gasteiger partial charge in [0.1, 0.15) is 5.75 Å². The molecule has 2 rings (SSSR count). The average molecular weight is 334 g/mol. The van der Waals surface area contributed by atoms with Crippen LogP contribution in [0.25, 0.3) is 0 Å². The first kappa shape index (κ1) is 18.3. The fourth-order valence-electron chi connectivity index (χ4n) is 1.78. The normalized spacial score (nSPS) is 12.0. The number of alkyl halides is 2. The minimum Gasteiger partial charge on any atom is -0.435 e. The van der Waals surface area contributed by atoms with Crippen molar-refractivity contribution in [3.63, 3.8) is 0 Å². The van der Waals surface area contributed by atoms with Gasteiger partial charge in [0.25, 0.3) is 0 Å². The van der Waals surface area contributed by atoms with E-state index in [0.717, 1.165) is 5.56 Å². The van der Waals surface area contributed by atoms with Crippen LogP contribution in [0.2, 0.25) is 0 Å². The van der Waals surface area contributed by atoms with Crippen molar-refractivity contribution in [3.8, 4) is 5.75 Å². The van der Waals surface area contributed by atoms with Crippen molar-refractivity contribution in [1.29, 1.82) is 0 Å². The smallest absolute Gasteiger partial charge is 0.387 e. The molecule has 1 unspecified atom stereocenters. The van der Waals surface area contributed by atoms with Gasteiger partial charge in [-0.3, -0.25) is 0 Å². The Balaban J connectivity index is 0.00000242. The van der Waals surface area contributed by atoms with Gasteiger partial charge in [-0.1, -0.05) is 17.3 Å². The summed E-state index contributed by atoms with van der Waals surface area (Å²) in [6.07, 6.45) is 1.14. The largest absolute Gasteiger partial charge is 0.435 e. The molecular formula is C14H18ClF2N3O2. The van der Waals surface area contributed by atoms with E-state index < -0.39 is 6.61 Å². The van der Waals surface area contributed by atoms with Crippen molar-refractivity contribution in [1.82, 2.24) is 15.5 Å². The zero-order valence-electron chi connectivity index (χ0n) is 12.3. The first-order valence-electron chi connectivity index (χ1n) is 6.59.